The normalized spacial score (nSPS) is 18.1. The van der Waals surface area contributed by atoms with Crippen LogP contribution in [0.15, 0.2) is 41.3 Å². The lowest BCUT2D eigenvalue weighted by Crippen LogP contribution is -2.45. The summed E-state index contributed by atoms with van der Waals surface area (Å²) in [6.45, 7) is 3.26. The number of carbonyl (C=O) groups is 1. The summed E-state index contributed by atoms with van der Waals surface area (Å²) in [7, 11) is -3.98. The molecular formula is C21H23Cl2N3O3S. The minimum Gasteiger partial charge on any atom is -0.331 e. The molecule has 0 aromatic heterocycles. The van der Waals surface area contributed by atoms with Gasteiger partial charge in [-0.3, -0.25) is 4.79 Å². The first-order chi connectivity index (χ1) is 14.2. The Balaban J connectivity index is 1.37. The van der Waals surface area contributed by atoms with Crippen molar-refractivity contribution < 1.29 is 13.2 Å². The molecule has 0 radical (unpaired) electrons. The Morgan fingerprint density at radius 3 is 2.37 bits per heavy atom. The summed E-state index contributed by atoms with van der Waals surface area (Å²) in [6.07, 6.45) is 2.73. The van der Waals surface area contributed by atoms with Gasteiger partial charge in [-0.05, 0) is 54.7 Å². The van der Waals surface area contributed by atoms with Crippen molar-refractivity contribution in [3.05, 3.63) is 63.1 Å². The van der Waals surface area contributed by atoms with Gasteiger partial charge in [-0.25, -0.2) is 13.6 Å². The van der Waals surface area contributed by atoms with Crippen molar-refractivity contribution in [2.75, 3.05) is 19.6 Å². The lowest BCUT2D eigenvalue weighted by atomic mass is 10.0. The number of sulfonamides is 1. The van der Waals surface area contributed by atoms with Gasteiger partial charge in [-0.15, -0.1) is 0 Å². The Kier molecular flexibility index (Phi) is 6.10. The summed E-state index contributed by atoms with van der Waals surface area (Å²) in [5.41, 5.74) is 2.39. The Bertz CT molecular complexity index is 1070. The van der Waals surface area contributed by atoms with Gasteiger partial charge in [0.2, 0.25) is 10.0 Å². The molecule has 0 atom stereocenters. The number of fused-ring (bicyclic) bond motifs is 1. The van der Waals surface area contributed by atoms with E-state index in [1.54, 1.807) is 6.07 Å². The molecule has 2 aromatic rings. The van der Waals surface area contributed by atoms with Crippen LogP contribution in [0.25, 0.3) is 0 Å². The average Bonchev–Trinajstić information content (AvgIpc) is 3.02. The van der Waals surface area contributed by atoms with E-state index in [0.717, 1.165) is 49.5 Å². The van der Waals surface area contributed by atoms with Crippen LogP contribution in [0.1, 0.15) is 34.3 Å². The number of primary sulfonamides is 1. The average molecular weight is 468 g/mol. The van der Waals surface area contributed by atoms with E-state index in [2.05, 4.69) is 17.0 Å². The van der Waals surface area contributed by atoms with Crippen LogP contribution in [0.4, 0.5) is 0 Å². The molecule has 2 N–H and O–H groups in total. The van der Waals surface area contributed by atoms with Crippen LogP contribution >= 0.6 is 23.2 Å². The fourth-order valence-electron chi connectivity index (χ4n) is 4.24. The van der Waals surface area contributed by atoms with E-state index in [9.17, 15) is 13.2 Å². The third-order valence-corrected chi connectivity index (χ3v) is 7.55. The fourth-order valence-corrected chi connectivity index (χ4v) is 5.49. The summed E-state index contributed by atoms with van der Waals surface area (Å²) in [5.74, 6) is -0.147. The molecule has 1 fully saturated rings. The molecule has 1 saturated heterocycles. The van der Waals surface area contributed by atoms with E-state index < -0.39 is 10.0 Å². The van der Waals surface area contributed by atoms with Crippen molar-refractivity contribution in [2.45, 2.75) is 36.7 Å². The van der Waals surface area contributed by atoms with Crippen molar-refractivity contribution in [3.63, 3.8) is 0 Å². The summed E-state index contributed by atoms with van der Waals surface area (Å²) in [4.78, 5) is 17.0. The molecule has 0 bridgehead atoms. The molecule has 4 rings (SSSR count). The van der Waals surface area contributed by atoms with Crippen molar-refractivity contribution in [1.82, 2.24) is 9.80 Å². The Morgan fingerprint density at radius 1 is 1.07 bits per heavy atom. The third-order valence-electron chi connectivity index (χ3n) is 5.92. The van der Waals surface area contributed by atoms with Crippen molar-refractivity contribution in [3.8, 4) is 0 Å². The second-order valence-corrected chi connectivity index (χ2v) is 10.2. The van der Waals surface area contributed by atoms with Gasteiger partial charge in [0.05, 0.1) is 5.02 Å². The predicted octanol–water partition coefficient (Wildman–Crippen LogP) is 3.30. The minimum atomic E-state index is -3.98. The molecule has 2 heterocycles. The zero-order valence-electron chi connectivity index (χ0n) is 16.4. The zero-order valence-corrected chi connectivity index (χ0v) is 18.7. The second kappa shape index (κ2) is 8.48. The number of nitrogens with two attached hydrogens (primary N) is 1. The monoisotopic (exact) mass is 467 g/mol. The van der Waals surface area contributed by atoms with Gasteiger partial charge in [0, 0.05) is 42.8 Å². The van der Waals surface area contributed by atoms with Gasteiger partial charge in [-0.2, -0.15) is 0 Å². The van der Waals surface area contributed by atoms with Crippen LogP contribution in [0.3, 0.4) is 0 Å². The molecule has 0 saturated carbocycles. The molecule has 1 amide bonds. The number of rotatable bonds is 5. The molecule has 0 aliphatic carbocycles. The molecule has 0 unspecified atom stereocenters. The maximum atomic E-state index is 12.9. The van der Waals surface area contributed by atoms with Crippen LogP contribution in [0.2, 0.25) is 10.0 Å². The number of benzene rings is 2. The number of hydrogen-bond acceptors (Lipinski definition) is 4. The van der Waals surface area contributed by atoms with Crippen molar-refractivity contribution in [2.24, 2.45) is 5.14 Å². The molecule has 0 spiro atoms. The van der Waals surface area contributed by atoms with Crippen LogP contribution < -0.4 is 5.14 Å². The summed E-state index contributed by atoms with van der Waals surface area (Å²) >= 11 is 12.0. The molecule has 160 valence electrons. The van der Waals surface area contributed by atoms with Gasteiger partial charge >= 0.3 is 0 Å². The standard InChI is InChI=1S/C21H23Cl2N3O3S/c22-16-3-1-14(2-4-16)5-8-25-9-6-17(7-10-25)26-13-15-11-19(23)20(30(24,28)29)12-18(15)21(26)27/h1-4,11-12,17H,5-10,13H2,(H2,24,28,29). The predicted molar refractivity (Wildman–Crippen MR) is 117 cm³/mol. The smallest absolute Gasteiger partial charge is 0.254 e. The summed E-state index contributed by atoms with van der Waals surface area (Å²) in [6, 6.07) is 10.9. The van der Waals surface area contributed by atoms with Gasteiger partial charge in [0.25, 0.3) is 5.91 Å². The molecule has 2 aliphatic heterocycles. The SMILES string of the molecule is NS(=O)(=O)c1cc2c(cc1Cl)CN(C1CCN(CCc3ccc(Cl)cc3)CC1)C2=O. The zero-order chi connectivity index (χ0) is 21.5. The molecule has 2 aliphatic rings. The number of nitrogens with zero attached hydrogens (tertiary/aromatic N) is 2. The van der Waals surface area contributed by atoms with Crippen molar-refractivity contribution >= 4 is 39.1 Å². The number of likely N-dealkylation sites (tertiary alicyclic amines) is 1. The Hall–Kier alpha value is -1.64. The second-order valence-electron chi connectivity index (χ2n) is 7.87. The van der Waals surface area contributed by atoms with Crippen LogP contribution in [0, 0.1) is 0 Å². The highest BCUT2D eigenvalue weighted by atomic mass is 35.5. The number of piperidine rings is 1. The van der Waals surface area contributed by atoms with Crippen LogP contribution in [-0.4, -0.2) is 49.8 Å². The quantitative estimate of drug-likeness (QED) is 0.730. The summed E-state index contributed by atoms with van der Waals surface area (Å²) < 4.78 is 23.4. The molecule has 2 aromatic carbocycles. The summed E-state index contributed by atoms with van der Waals surface area (Å²) in [5, 5.41) is 6.02. The van der Waals surface area contributed by atoms with Gasteiger partial charge in [0.15, 0.2) is 0 Å². The van der Waals surface area contributed by atoms with E-state index in [4.69, 9.17) is 28.3 Å². The topological polar surface area (TPSA) is 83.7 Å². The largest absolute Gasteiger partial charge is 0.331 e. The van der Waals surface area contributed by atoms with E-state index in [1.807, 2.05) is 17.0 Å². The van der Waals surface area contributed by atoms with Gasteiger partial charge in [0.1, 0.15) is 4.90 Å². The maximum absolute atomic E-state index is 12.9. The van der Waals surface area contributed by atoms with Crippen molar-refractivity contribution in [1.29, 1.82) is 0 Å². The highest BCUT2D eigenvalue weighted by Gasteiger charge is 2.35. The third kappa shape index (κ3) is 4.50. The number of hydrogen-bond donors (Lipinski definition) is 1. The lowest BCUT2D eigenvalue weighted by molar-refractivity contribution is 0.0598. The molecule has 6 nitrogen and oxygen atoms in total. The first-order valence-electron chi connectivity index (χ1n) is 9.85. The highest BCUT2D eigenvalue weighted by Crippen LogP contribution is 2.33. The molecule has 30 heavy (non-hydrogen) atoms. The lowest BCUT2D eigenvalue weighted by Gasteiger charge is -2.36. The Labute approximate surface area is 186 Å². The van der Waals surface area contributed by atoms with E-state index in [1.165, 1.54) is 11.6 Å². The first kappa shape index (κ1) is 21.6. The van der Waals surface area contributed by atoms with E-state index >= 15 is 0 Å². The number of carbonyl (C=O) groups excluding carboxylic acids is 1. The van der Waals surface area contributed by atoms with Crippen LogP contribution in [-0.2, 0) is 23.0 Å². The fraction of sp³-hybridized carbons (Fsp3) is 0.381. The number of amides is 1. The van der Waals surface area contributed by atoms with Gasteiger partial charge < -0.3 is 9.80 Å². The molecule has 9 heteroatoms. The maximum Gasteiger partial charge on any atom is 0.254 e. The number of halogens is 2. The van der Waals surface area contributed by atoms with Crippen LogP contribution in [0.5, 0.6) is 0 Å². The first-order valence-corrected chi connectivity index (χ1v) is 12.2. The Morgan fingerprint density at radius 2 is 1.73 bits per heavy atom. The highest BCUT2D eigenvalue weighted by molar-refractivity contribution is 7.89. The van der Waals surface area contributed by atoms with E-state index in [0.29, 0.717) is 12.1 Å². The van der Waals surface area contributed by atoms with E-state index in [-0.39, 0.29) is 21.9 Å². The molecular weight excluding hydrogens is 445 g/mol. The minimum absolute atomic E-state index is 0.0583. The van der Waals surface area contributed by atoms with Gasteiger partial charge in [-0.1, -0.05) is 35.3 Å².